The van der Waals surface area contributed by atoms with E-state index in [1.54, 1.807) is 0 Å². The molecule has 2 N–H and O–H groups in total. The normalized spacial score (nSPS) is 18.3. The van der Waals surface area contributed by atoms with Gasteiger partial charge in [-0.2, -0.15) is 0 Å². The van der Waals surface area contributed by atoms with Crippen LogP contribution in [-0.2, 0) is 12.1 Å². The quantitative estimate of drug-likeness (QED) is 0.941. The summed E-state index contributed by atoms with van der Waals surface area (Å²) in [4.78, 5) is 2.30. The lowest BCUT2D eigenvalue weighted by Crippen LogP contribution is -2.48. The zero-order chi connectivity index (χ0) is 15.6. The van der Waals surface area contributed by atoms with Gasteiger partial charge in [-0.15, -0.1) is 0 Å². The van der Waals surface area contributed by atoms with Crippen molar-refractivity contribution in [2.24, 2.45) is 5.73 Å². The summed E-state index contributed by atoms with van der Waals surface area (Å²) < 4.78 is 27.4. The summed E-state index contributed by atoms with van der Waals surface area (Å²) in [6.07, 6.45) is 1.25. The van der Waals surface area contributed by atoms with E-state index in [2.05, 4.69) is 17.0 Å². The number of piperidine rings is 1. The minimum atomic E-state index is -0.778. The van der Waals surface area contributed by atoms with Crippen LogP contribution in [0.1, 0.15) is 24.0 Å². The number of nitrogens with zero attached hydrogens (tertiary/aromatic N) is 1. The number of halogens is 2. The Labute approximate surface area is 129 Å². The van der Waals surface area contributed by atoms with Crippen LogP contribution in [0.2, 0.25) is 0 Å². The first-order valence-electron chi connectivity index (χ1n) is 7.57. The van der Waals surface area contributed by atoms with Gasteiger partial charge >= 0.3 is 0 Å². The Balaban J connectivity index is 1.69. The fourth-order valence-corrected chi connectivity index (χ4v) is 3.10. The molecular weight excluding hydrogens is 282 g/mol. The van der Waals surface area contributed by atoms with Gasteiger partial charge in [-0.3, -0.25) is 4.90 Å². The van der Waals surface area contributed by atoms with Crippen LogP contribution < -0.4 is 5.73 Å². The third kappa shape index (κ3) is 3.18. The molecular formula is C18H20F2N2. The number of nitrogens with two attached hydrogens (primary N) is 1. The second kappa shape index (κ2) is 6.15. The Hall–Kier alpha value is -1.78. The molecule has 4 heteroatoms. The maximum Gasteiger partial charge on any atom is 0.128 e. The van der Waals surface area contributed by atoms with E-state index in [9.17, 15) is 8.78 Å². The number of likely N-dealkylation sites (tertiary alicyclic amines) is 1. The van der Waals surface area contributed by atoms with Crippen molar-refractivity contribution in [3.05, 3.63) is 71.3 Å². The summed E-state index contributed by atoms with van der Waals surface area (Å²) in [5.74, 6) is -0.853. The molecule has 0 spiro atoms. The van der Waals surface area contributed by atoms with Crippen molar-refractivity contribution in [1.82, 2.24) is 4.90 Å². The van der Waals surface area contributed by atoms with Gasteiger partial charge in [0.2, 0.25) is 0 Å². The van der Waals surface area contributed by atoms with E-state index < -0.39 is 17.2 Å². The van der Waals surface area contributed by atoms with E-state index in [1.165, 1.54) is 11.6 Å². The Morgan fingerprint density at radius 2 is 1.68 bits per heavy atom. The maximum absolute atomic E-state index is 14.0. The smallest absolute Gasteiger partial charge is 0.128 e. The van der Waals surface area contributed by atoms with Crippen molar-refractivity contribution in [2.45, 2.75) is 24.9 Å². The lowest BCUT2D eigenvalue weighted by Gasteiger charge is -2.39. The van der Waals surface area contributed by atoms with E-state index in [1.807, 2.05) is 18.2 Å². The van der Waals surface area contributed by atoms with Crippen molar-refractivity contribution in [2.75, 3.05) is 13.1 Å². The Kier molecular flexibility index (Phi) is 4.23. The van der Waals surface area contributed by atoms with Crippen molar-refractivity contribution < 1.29 is 8.78 Å². The molecule has 1 aliphatic heterocycles. The van der Waals surface area contributed by atoms with Gasteiger partial charge < -0.3 is 5.73 Å². The van der Waals surface area contributed by atoms with Crippen LogP contribution in [0, 0.1) is 11.6 Å². The van der Waals surface area contributed by atoms with Crippen LogP contribution in [0.15, 0.2) is 48.5 Å². The van der Waals surface area contributed by atoms with Crippen LogP contribution in [0.3, 0.4) is 0 Å². The van der Waals surface area contributed by atoms with Crippen LogP contribution in [-0.4, -0.2) is 18.0 Å². The van der Waals surface area contributed by atoms with Gasteiger partial charge in [0, 0.05) is 30.7 Å². The van der Waals surface area contributed by atoms with Gasteiger partial charge in [0.15, 0.2) is 0 Å². The predicted octanol–water partition coefficient (Wildman–Crippen LogP) is 3.41. The molecule has 0 saturated carbocycles. The number of benzene rings is 2. The minimum Gasteiger partial charge on any atom is -0.321 e. The SMILES string of the molecule is NC1(c2cc(F)ccc2F)CCN(Cc2ccccc2)CC1. The summed E-state index contributed by atoms with van der Waals surface area (Å²) in [5.41, 5.74) is 7.15. The largest absolute Gasteiger partial charge is 0.321 e. The second-order valence-corrected chi connectivity index (χ2v) is 6.04. The molecule has 1 aliphatic rings. The molecule has 0 unspecified atom stereocenters. The van der Waals surface area contributed by atoms with E-state index in [4.69, 9.17) is 5.73 Å². The first kappa shape index (κ1) is 15.1. The average molecular weight is 302 g/mol. The van der Waals surface area contributed by atoms with Gasteiger partial charge in [0.05, 0.1) is 0 Å². The fraction of sp³-hybridized carbons (Fsp3) is 0.333. The highest BCUT2D eigenvalue weighted by molar-refractivity contribution is 5.27. The highest BCUT2D eigenvalue weighted by atomic mass is 19.1. The number of hydrogen-bond acceptors (Lipinski definition) is 2. The molecule has 0 radical (unpaired) electrons. The summed E-state index contributed by atoms with van der Waals surface area (Å²) >= 11 is 0. The van der Waals surface area contributed by atoms with Crippen LogP contribution >= 0.6 is 0 Å². The summed E-state index contributed by atoms with van der Waals surface area (Å²) in [6, 6.07) is 13.8. The van der Waals surface area contributed by atoms with Gasteiger partial charge in [0.1, 0.15) is 11.6 Å². The first-order valence-corrected chi connectivity index (χ1v) is 7.57. The predicted molar refractivity (Wildman–Crippen MR) is 83.2 cm³/mol. The van der Waals surface area contributed by atoms with Crippen molar-refractivity contribution in [3.8, 4) is 0 Å². The fourth-order valence-electron chi connectivity index (χ4n) is 3.10. The van der Waals surface area contributed by atoms with Crippen LogP contribution in [0.5, 0.6) is 0 Å². The molecule has 2 nitrogen and oxygen atoms in total. The molecule has 2 aromatic rings. The molecule has 0 atom stereocenters. The van der Waals surface area contributed by atoms with Crippen molar-refractivity contribution in [1.29, 1.82) is 0 Å². The first-order chi connectivity index (χ1) is 10.6. The molecule has 1 saturated heterocycles. The van der Waals surface area contributed by atoms with E-state index in [0.29, 0.717) is 18.4 Å². The minimum absolute atomic E-state index is 0.298. The van der Waals surface area contributed by atoms with Gasteiger partial charge in [0.25, 0.3) is 0 Å². The molecule has 1 fully saturated rings. The highest BCUT2D eigenvalue weighted by Gasteiger charge is 2.34. The number of hydrogen-bond donors (Lipinski definition) is 1. The summed E-state index contributed by atoms with van der Waals surface area (Å²) in [6.45, 7) is 2.42. The van der Waals surface area contributed by atoms with E-state index in [-0.39, 0.29) is 0 Å². The molecule has 0 bridgehead atoms. The topological polar surface area (TPSA) is 29.3 Å². The molecule has 2 aromatic carbocycles. The molecule has 0 aliphatic carbocycles. The third-order valence-corrected chi connectivity index (χ3v) is 4.46. The van der Waals surface area contributed by atoms with Crippen LogP contribution in [0.25, 0.3) is 0 Å². The monoisotopic (exact) mass is 302 g/mol. The lowest BCUT2D eigenvalue weighted by atomic mass is 9.81. The lowest BCUT2D eigenvalue weighted by molar-refractivity contribution is 0.152. The van der Waals surface area contributed by atoms with Gasteiger partial charge in [-0.05, 0) is 36.6 Å². The zero-order valence-electron chi connectivity index (χ0n) is 12.4. The highest BCUT2D eigenvalue weighted by Crippen LogP contribution is 2.32. The number of rotatable bonds is 3. The summed E-state index contributed by atoms with van der Waals surface area (Å²) in [7, 11) is 0. The molecule has 116 valence electrons. The maximum atomic E-state index is 14.0. The summed E-state index contributed by atoms with van der Waals surface area (Å²) in [5, 5.41) is 0. The average Bonchev–Trinajstić information content (AvgIpc) is 2.53. The molecule has 0 amide bonds. The Morgan fingerprint density at radius 1 is 1.00 bits per heavy atom. The molecule has 1 heterocycles. The van der Waals surface area contributed by atoms with Gasteiger partial charge in [-0.1, -0.05) is 30.3 Å². The van der Waals surface area contributed by atoms with Crippen molar-refractivity contribution in [3.63, 3.8) is 0 Å². The standard InChI is InChI=1S/C18H20F2N2/c19-15-6-7-17(20)16(12-15)18(21)8-10-22(11-9-18)13-14-4-2-1-3-5-14/h1-7,12H,8-11,13,21H2. The van der Waals surface area contributed by atoms with Gasteiger partial charge in [-0.25, -0.2) is 8.78 Å². The Bertz CT molecular complexity index is 635. The molecule has 3 rings (SSSR count). The third-order valence-electron chi connectivity index (χ3n) is 4.46. The molecule has 22 heavy (non-hydrogen) atoms. The van der Waals surface area contributed by atoms with E-state index in [0.717, 1.165) is 31.8 Å². The van der Waals surface area contributed by atoms with Crippen molar-refractivity contribution >= 4 is 0 Å². The van der Waals surface area contributed by atoms with Crippen LogP contribution in [0.4, 0.5) is 8.78 Å². The second-order valence-electron chi connectivity index (χ2n) is 6.04. The Morgan fingerprint density at radius 3 is 2.36 bits per heavy atom. The van der Waals surface area contributed by atoms with E-state index >= 15 is 0 Å². The molecule has 0 aromatic heterocycles. The zero-order valence-corrected chi connectivity index (χ0v) is 12.4.